The summed E-state index contributed by atoms with van der Waals surface area (Å²) in [6.07, 6.45) is 0.781. The predicted molar refractivity (Wildman–Crippen MR) is 90.5 cm³/mol. The summed E-state index contributed by atoms with van der Waals surface area (Å²) in [6.45, 7) is 2.85. The van der Waals surface area contributed by atoms with Gasteiger partial charge in [0.05, 0.1) is 6.54 Å². The molecule has 1 aromatic heterocycles. The van der Waals surface area contributed by atoms with Crippen LogP contribution in [-0.4, -0.2) is 30.2 Å². The van der Waals surface area contributed by atoms with Crippen molar-refractivity contribution in [3.05, 3.63) is 46.9 Å². The topological polar surface area (TPSA) is 98.0 Å². The second-order valence-corrected chi connectivity index (χ2v) is 6.56. The summed E-state index contributed by atoms with van der Waals surface area (Å²) in [5.41, 5.74) is 1.19. The van der Waals surface area contributed by atoms with Gasteiger partial charge in [-0.2, -0.15) is 0 Å². The van der Waals surface area contributed by atoms with Crippen molar-refractivity contribution in [3.8, 4) is 11.5 Å². The molecule has 0 spiro atoms. The molecule has 0 unspecified atom stereocenters. The minimum absolute atomic E-state index is 0.0594. The molecule has 1 saturated carbocycles. The Morgan fingerprint density at radius 2 is 1.96 bits per heavy atom. The van der Waals surface area contributed by atoms with Crippen LogP contribution in [-0.2, 0) is 11.3 Å². The SMILES string of the molecule is Cc1oc(CNC(=O)[C@H]2C[C@@H]2c2ccc3c(c2)OCCO3)cc1C(=O)O. The largest absolute Gasteiger partial charge is 0.486 e. The van der Waals surface area contributed by atoms with E-state index < -0.39 is 5.97 Å². The van der Waals surface area contributed by atoms with Gasteiger partial charge in [0.1, 0.15) is 30.3 Å². The number of amides is 1. The molecule has 4 rings (SSSR count). The van der Waals surface area contributed by atoms with Gasteiger partial charge in [-0.1, -0.05) is 6.07 Å². The number of rotatable bonds is 5. The molecule has 2 heterocycles. The van der Waals surface area contributed by atoms with Crippen molar-refractivity contribution >= 4 is 11.9 Å². The quantitative estimate of drug-likeness (QED) is 0.853. The fourth-order valence-corrected chi connectivity index (χ4v) is 3.29. The van der Waals surface area contributed by atoms with Crippen LogP contribution in [0.1, 0.15) is 39.8 Å². The van der Waals surface area contributed by atoms with Crippen molar-refractivity contribution in [2.75, 3.05) is 13.2 Å². The summed E-state index contributed by atoms with van der Waals surface area (Å²) in [7, 11) is 0. The molecule has 136 valence electrons. The number of carbonyl (C=O) groups is 2. The van der Waals surface area contributed by atoms with E-state index in [2.05, 4.69) is 5.32 Å². The van der Waals surface area contributed by atoms with E-state index in [1.54, 1.807) is 6.92 Å². The minimum Gasteiger partial charge on any atom is -0.486 e. The van der Waals surface area contributed by atoms with Crippen LogP contribution in [0.15, 0.2) is 28.7 Å². The van der Waals surface area contributed by atoms with E-state index in [0.29, 0.717) is 24.7 Å². The molecule has 2 N–H and O–H groups in total. The molecule has 2 aliphatic rings. The average Bonchev–Trinajstić information content (AvgIpc) is 3.35. The zero-order valence-corrected chi connectivity index (χ0v) is 14.3. The van der Waals surface area contributed by atoms with Gasteiger partial charge in [0.2, 0.25) is 5.91 Å². The first-order valence-electron chi connectivity index (χ1n) is 8.53. The van der Waals surface area contributed by atoms with E-state index in [9.17, 15) is 9.59 Å². The Labute approximate surface area is 149 Å². The molecule has 0 radical (unpaired) electrons. The van der Waals surface area contributed by atoms with Crippen molar-refractivity contribution in [3.63, 3.8) is 0 Å². The molecule has 0 bridgehead atoms. The molecule has 0 saturated heterocycles. The fraction of sp³-hybridized carbons (Fsp3) is 0.368. The number of carboxylic acids is 1. The highest BCUT2D eigenvalue weighted by molar-refractivity contribution is 5.89. The van der Waals surface area contributed by atoms with E-state index in [4.69, 9.17) is 19.0 Å². The number of carboxylic acid groups (broad SMARTS) is 1. The molecular weight excluding hydrogens is 338 g/mol. The van der Waals surface area contributed by atoms with Gasteiger partial charge in [-0.25, -0.2) is 4.79 Å². The molecule has 2 atom stereocenters. The van der Waals surface area contributed by atoms with Crippen LogP contribution in [0.5, 0.6) is 11.5 Å². The van der Waals surface area contributed by atoms with Crippen LogP contribution >= 0.6 is 0 Å². The van der Waals surface area contributed by atoms with Gasteiger partial charge in [-0.15, -0.1) is 0 Å². The summed E-state index contributed by atoms with van der Waals surface area (Å²) in [6, 6.07) is 7.25. The fourth-order valence-electron chi connectivity index (χ4n) is 3.29. The summed E-state index contributed by atoms with van der Waals surface area (Å²) in [5, 5.41) is 11.9. The lowest BCUT2D eigenvalue weighted by Gasteiger charge is -2.18. The normalized spacial score (nSPS) is 20.5. The molecule has 26 heavy (non-hydrogen) atoms. The number of benzene rings is 1. The first-order valence-corrected chi connectivity index (χ1v) is 8.53. The van der Waals surface area contributed by atoms with E-state index in [-0.39, 0.29) is 29.9 Å². The number of hydrogen-bond acceptors (Lipinski definition) is 5. The van der Waals surface area contributed by atoms with Crippen molar-refractivity contribution in [2.45, 2.75) is 25.8 Å². The van der Waals surface area contributed by atoms with Crippen LogP contribution in [0.4, 0.5) is 0 Å². The lowest BCUT2D eigenvalue weighted by Crippen LogP contribution is -2.24. The first-order chi connectivity index (χ1) is 12.5. The monoisotopic (exact) mass is 357 g/mol. The number of hydrogen-bond donors (Lipinski definition) is 2. The smallest absolute Gasteiger partial charge is 0.339 e. The standard InChI is InChI=1S/C19H19NO6/c1-10-13(19(22)23)7-12(26-10)9-20-18(21)15-8-14(15)11-2-3-16-17(6-11)25-5-4-24-16/h2-3,6-7,14-15H,4-5,8-9H2,1H3,(H,20,21)(H,22,23)/t14-,15+/m1/s1. The number of carbonyl (C=O) groups excluding carboxylic acids is 1. The average molecular weight is 357 g/mol. The Morgan fingerprint density at radius 3 is 2.69 bits per heavy atom. The third-order valence-corrected chi connectivity index (χ3v) is 4.76. The maximum Gasteiger partial charge on any atom is 0.339 e. The lowest BCUT2D eigenvalue weighted by molar-refractivity contribution is -0.122. The molecule has 2 aromatic rings. The zero-order valence-electron chi connectivity index (χ0n) is 14.3. The highest BCUT2D eigenvalue weighted by Gasteiger charge is 2.44. The molecule has 1 fully saturated rings. The van der Waals surface area contributed by atoms with Gasteiger partial charge in [0.25, 0.3) is 0 Å². The van der Waals surface area contributed by atoms with Gasteiger partial charge in [0.15, 0.2) is 11.5 Å². The van der Waals surface area contributed by atoms with E-state index in [1.165, 1.54) is 6.07 Å². The van der Waals surface area contributed by atoms with Crippen LogP contribution in [0.2, 0.25) is 0 Å². The molecule has 1 amide bonds. The second kappa shape index (κ2) is 6.40. The number of aryl methyl sites for hydroxylation is 1. The summed E-state index contributed by atoms with van der Waals surface area (Å²) < 4.78 is 16.5. The van der Waals surface area contributed by atoms with E-state index in [1.807, 2.05) is 18.2 Å². The van der Waals surface area contributed by atoms with Crippen molar-refractivity contribution < 1.29 is 28.6 Å². The minimum atomic E-state index is -1.04. The number of aromatic carboxylic acids is 1. The summed E-state index contributed by atoms with van der Waals surface area (Å²) in [5.74, 6) is 1.22. The predicted octanol–water partition coefficient (Wildman–Crippen LogP) is 2.48. The number of fused-ring (bicyclic) bond motifs is 1. The number of furan rings is 1. The maximum atomic E-state index is 12.4. The summed E-state index contributed by atoms with van der Waals surface area (Å²) >= 11 is 0. The lowest BCUT2D eigenvalue weighted by atomic mass is 10.1. The van der Waals surface area contributed by atoms with Gasteiger partial charge >= 0.3 is 5.97 Å². The van der Waals surface area contributed by atoms with Gasteiger partial charge in [-0.05, 0) is 43.0 Å². The van der Waals surface area contributed by atoms with Crippen LogP contribution < -0.4 is 14.8 Å². The molecule has 1 aromatic carbocycles. The maximum absolute atomic E-state index is 12.4. The summed E-state index contributed by atoms with van der Waals surface area (Å²) in [4.78, 5) is 23.4. The first kappa shape index (κ1) is 16.5. The Morgan fingerprint density at radius 1 is 1.19 bits per heavy atom. The van der Waals surface area contributed by atoms with Crippen LogP contribution in [0, 0.1) is 12.8 Å². The van der Waals surface area contributed by atoms with Crippen molar-refractivity contribution in [1.82, 2.24) is 5.32 Å². The highest BCUT2D eigenvalue weighted by atomic mass is 16.6. The number of nitrogens with one attached hydrogen (secondary N) is 1. The third-order valence-electron chi connectivity index (χ3n) is 4.76. The third kappa shape index (κ3) is 3.12. The Hall–Kier alpha value is -2.96. The van der Waals surface area contributed by atoms with Gasteiger partial charge in [0, 0.05) is 5.92 Å². The molecule has 1 aliphatic carbocycles. The highest BCUT2D eigenvalue weighted by Crippen LogP contribution is 2.49. The Kier molecular flexibility index (Phi) is 4.06. The van der Waals surface area contributed by atoms with Gasteiger partial charge in [-0.3, -0.25) is 4.79 Å². The zero-order chi connectivity index (χ0) is 18.3. The van der Waals surface area contributed by atoms with E-state index in [0.717, 1.165) is 23.5 Å². The van der Waals surface area contributed by atoms with E-state index >= 15 is 0 Å². The van der Waals surface area contributed by atoms with Gasteiger partial charge < -0.3 is 24.3 Å². The van der Waals surface area contributed by atoms with Crippen molar-refractivity contribution in [1.29, 1.82) is 0 Å². The number of ether oxygens (including phenoxy) is 2. The van der Waals surface area contributed by atoms with Crippen LogP contribution in [0.3, 0.4) is 0 Å². The Balaban J connectivity index is 1.35. The molecular formula is C19H19NO6. The van der Waals surface area contributed by atoms with Crippen LogP contribution in [0.25, 0.3) is 0 Å². The molecule has 7 nitrogen and oxygen atoms in total. The molecule has 1 aliphatic heterocycles. The van der Waals surface area contributed by atoms with Crippen molar-refractivity contribution in [2.24, 2.45) is 5.92 Å². The second-order valence-electron chi connectivity index (χ2n) is 6.56. The molecule has 7 heteroatoms. The Bertz CT molecular complexity index is 871.